The third kappa shape index (κ3) is 3.87. The Hall–Kier alpha value is -3.25. The number of amides is 1. The lowest BCUT2D eigenvalue weighted by molar-refractivity contribution is -0.127. The van der Waals surface area contributed by atoms with Crippen LogP contribution in [0.3, 0.4) is 0 Å². The van der Waals surface area contributed by atoms with E-state index in [4.69, 9.17) is 4.74 Å². The summed E-state index contributed by atoms with van der Waals surface area (Å²) in [6.45, 7) is 3.53. The second-order valence-electron chi connectivity index (χ2n) is 6.43. The van der Waals surface area contributed by atoms with E-state index in [1.165, 1.54) is 0 Å². The van der Waals surface area contributed by atoms with Gasteiger partial charge < -0.3 is 4.74 Å². The quantitative estimate of drug-likeness (QED) is 0.395. The number of para-hydroxylation sites is 1. The second-order valence-corrected chi connectivity index (χ2v) is 7.46. The molecule has 1 aromatic heterocycles. The van der Waals surface area contributed by atoms with E-state index >= 15 is 0 Å². The van der Waals surface area contributed by atoms with E-state index in [2.05, 4.69) is 15.5 Å². The van der Waals surface area contributed by atoms with Crippen molar-refractivity contribution in [1.82, 2.24) is 10.4 Å². The van der Waals surface area contributed by atoms with Crippen LogP contribution in [0.25, 0.3) is 21.0 Å². The zero-order valence-corrected chi connectivity index (χ0v) is 16.4. The molecule has 5 nitrogen and oxygen atoms in total. The number of nitrogens with one attached hydrogen (secondary N) is 1. The van der Waals surface area contributed by atoms with Crippen molar-refractivity contribution in [2.45, 2.75) is 20.0 Å². The number of aromatic nitrogens is 1. The van der Waals surface area contributed by atoms with Crippen molar-refractivity contribution in [1.29, 1.82) is 0 Å². The highest BCUT2D eigenvalue weighted by Crippen LogP contribution is 2.22. The molecule has 0 radical (unpaired) electrons. The number of nitrogens with zero attached hydrogens (tertiary/aromatic N) is 2. The van der Waals surface area contributed by atoms with Crippen molar-refractivity contribution in [3.8, 4) is 5.75 Å². The first-order valence-electron chi connectivity index (χ1n) is 8.96. The van der Waals surface area contributed by atoms with Gasteiger partial charge in [-0.15, -0.1) is 11.3 Å². The van der Waals surface area contributed by atoms with Gasteiger partial charge >= 0.3 is 0 Å². The van der Waals surface area contributed by atoms with E-state index in [0.717, 1.165) is 26.0 Å². The number of ether oxygens (including phenoxy) is 1. The molecule has 0 aliphatic heterocycles. The van der Waals surface area contributed by atoms with Crippen LogP contribution in [0.4, 0.5) is 0 Å². The van der Waals surface area contributed by atoms with Gasteiger partial charge in [0.05, 0.1) is 15.9 Å². The van der Waals surface area contributed by atoms with Crippen LogP contribution in [0.15, 0.2) is 71.8 Å². The minimum Gasteiger partial charge on any atom is -0.481 e. The van der Waals surface area contributed by atoms with E-state index in [9.17, 15) is 4.79 Å². The molecule has 0 saturated carbocycles. The third-order valence-corrected chi connectivity index (χ3v) is 5.49. The van der Waals surface area contributed by atoms with Gasteiger partial charge in [0.25, 0.3) is 5.91 Å². The predicted molar refractivity (Wildman–Crippen MR) is 114 cm³/mol. The largest absolute Gasteiger partial charge is 0.481 e. The van der Waals surface area contributed by atoms with Crippen molar-refractivity contribution in [3.63, 3.8) is 0 Å². The summed E-state index contributed by atoms with van der Waals surface area (Å²) >= 11 is 1.54. The lowest BCUT2D eigenvalue weighted by atomic mass is 10.1. The highest BCUT2D eigenvalue weighted by Gasteiger charge is 2.15. The zero-order valence-electron chi connectivity index (χ0n) is 15.5. The van der Waals surface area contributed by atoms with Gasteiger partial charge in [0.1, 0.15) is 10.8 Å². The Kier molecular flexibility index (Phi) is 5.04. The fourth-order valence-corrected chi connectivity index (χ4v) is 3.71. The van der Waals surface area contributed by atoms with Crippen molar-refractivity contribution >= 4 is 43.9 Å². The second kappa shape index (κ2) is 7.78. The number of rotatable bonds is 5. The van der Waals surface area contributed by atoms with Crippen LogP contribution in [0.2, 0.25) is 0 Å². The average Bonchev–Trinajstić information content (AvgIpc) is 3.16. The summed E-state index contributed by atoms with van der Waals surface area (Å²) in [4.78, 5) is 16.9. The minimum absolute atomic E-state index is 0.311. The van der Waals surface area contributed by atoms with Gasteiger partial charge in [-0.3, -0.25) is 4.79 Å². The van der Waals surface area contributed by atoms with Crippen LogP contribution < -0.4 is 10.2 Å². The smallest absolute Gasteiger partial charge is 0.280 e. The van der Waals surface area contributed by atoms with E-state index < -0.39 is 6.10 Å². The molecule has 6 heteroatoms. The molecule has 0 saturated heterocycles. The molecule has 0 fully saturated rings. The summed E-state index contributed by atoms with van der Waals surface area (Å²) < 4.78 is 6.87. The molecule has 0 spiro atoms. The molecule has 0 unspecified atom stereocenters. The van der Waals surface area contributed by atoms with Crippen LogP contribution in [0, 0.1) is 0 Å². The molecule has 4 aromatic rings. The Morgan fingerprint density at radius 1 is 1.07 bits per heavy atom. The molecule has 140 valence electrons. The van der Waals surface area contributed by atoms with Crippen LogP contribution in [0.1, 0.15) is 18.9 Å². The summed E-state index contributed by atoms with van der Waals surface area (Å²) in [5.74, 6) is 0.335. The molecule has 1 atom stereocenters. The molecule has 3 aromatic carbocycles. The topological polar surface area (TPSA) is 63.6 Å². The molecule has 1 amide bonds. The Morgan fingerprint density at radius 3 is 2.64 bits per heavy atom. The number of fused-ring (bicyclic) bond motifs is 2. The zero-order chi connectivity index (χ0) is 19.5. The minimum atomic E-state index is -0.673. The highest BCUT2D eigenvalue weighted by molar-refractivity contribution is 7.20. The first-order chi connectivity index (χ1) is 13.6. The molecule has 4 rings (SSSR count). The number of thiazole rings is 1. The van der Waals surface area contributed by atoms with Gasteiger partial charge in [0.2, 0.25) is 0 Å². The van der Waals surface area contributed by atoms with Crippen LogP contribution in [0.5, 0.6) is 5.75 Å². The van der Waals surface area contributed by atoms with Crippen LogP contribution in [-0.4, -0.2) is 22.7 Å². The SMILES string of the molecule is C/C(=N/NC(=O)[C@H](C)Oc1ccc2ccccc2c1)c1nc2ccccc2s1. The first kappa shape index (κ1) is 18.1. The normalized spacial score (nSPS) is 12.9. The molecular formula is C22H19N3O2S. The summed E-state index contributed by atoms with van der Waals surface area (Å²) in [5.41, 5.74) is 4.16. The number of hydrogen-bond acceptors (Lipinski definition) is 5. The number of carbonyl (C=O) groups is 1. The predicted octanol–water partition coefficient (Wildman–Crippen LogP) is 4.76. The molecule has 0 aliphatic rings. The molecule has 1 heterocycles. The maximum atomic E-state index is 12.4. The van der Waals surface area contributed by atoms with Crippen molar-refractivity contribution in [2.75, 3.05) is 0 Å². The van der Waals surface area contributed by atoms with Gasteiger partial charge in [-0.05, 0) is 48.9 Å². The summed E-state index contributed by atoms with van der Waals surface area (Å²) in [6.07, 6.45) is -0.673. The first-order valence-corrected chi connectivity index (χ1v) is 9.77. The van der Waals surface area contributed by atoms with Gasteiger partial charge in [-0.2, -0.15) is 5.10 Å². The fraction of sp³-hybridized carbons (Fsp3) is 0.136. The molecular weight excluding hydrogens is 370 g/mol. The number of carbonyl (C=O) groups excluding carboxylic acids is 1. The third-order valence-electron chi connectivity index (χ3n) is 4.34. The van der Waals surface area contributed by atoms with Crippen LogP contribution in [-0.2, 0) is 4.79 Å². The van der Waals surface area contributed by atoms with E-state index in [1.807, 2.05) is 73.7 Å². The van der Waals surface area contributed by atoms with E-state index in [1.54, 1.807) is 18.3 Å². The van der Waals surface area contributed by atoms with Crippen molar-refractivity contribution in [2.24, 2.45) is 5.10 Å². The molecule has 28 heavy (non-hydrogen) atoms. The van der Waals surface area contributed by atoms with E-state index in [0.29, 0.717) is 11.5 Å². The molecule has 0 aliphatic carbocycles. The summed E-state index contributed by atoms with van der Waals surface area (Å²) in [7, 11) is 0. The number of benzene rings is 3. The van der Waals surface area contributed by atoms with Gasteiger partial charge in [-0.25, -0.2) is 10.4 Å². The molecule has 1 N–H and O–H groups in total. The van der Waals surface area contributed by atoms with Crippen molar-refractivity contribution < 1.29 is 9.53 Å². The van der Waals surface area contributed by atoms with Gasteiger partial charge in [-0.1, -0.05) is 42.5 Å². The average molecular weight is 389 g/mol. The summed E-state index contributed by atoms with van der Waals surface area (Å²) in [6, 6.07) is 21.7. The van der Waals surface area contributed by atoms with Crippen molar-refractivity contribution in [3.05, 3.63) is 71.7 Å². The Morgan fingerprint density at radius 2 is 1.82 bits per heavy atom. The fourth-order valence-electron chi connectivity index (χ4n) is 2.80. The highest BCUT2D eigenvalue weighted by atomic mass is 32.1. The monoisotopic (exact) mass is 389 g/mol. The Balaban J connectivity index is 1.42. The van der Waals surface area contributed by atoms with Crippen LogP contribution >= 0.6 is 11.3 Å². The Labute approximate surface area is 166 Å². The maximum absolute atomic E-state index is 12.4. The standard InChI is InChI=1S/C22H19N3O2S/c1-14(22-23-19-9-5-6-10-20(19)28-22)24-25-21(26)15(2)27-18-12-11-16-7-3-4-8-17(16)13-18/h3-13,15H,1-2H3,(H,25,26)/b24-14-/t15-/m0/s1. The van der Waals surface area contributed by atoms with Gasteiger partial charge in [0, 0.05) is 0 Å². The maximum Gasteiger partial charge on any atom is 0.280 e. The Bertz CT molecular complexity index is 1150. The number of hydrogen-bond donors (Lipinski definition) is 1. The van der Waals surface area contributed by atoms with Gasteiger partial charge in [0.15, 0.2) is 6.10 Å². The van der Waals surface area contributed by atoms with E-state index in [-0.39, 0.29) is 5.91 Å². The summed E-state index contributed by atoms with van der Waals surface area (Å²) in [5, 5.41) is 7.16. The molecule has 0 bridgehead atoms. The number of hydrazone groups is 1. The lowest BCUT2D eigenvalue weighted by Gasteiger charge is -2.13. The lowest BCUT2D eigenvalue weighted by Crippen LogP contribution is -2.33.